The summed E-state index contributed by atoms with van der Waals surface area (Å²) in [5.41, 5.74) is 5.38. The van der Waals surface area contributed by atoms with Gasteiger partial charge in [-0.05, 0) is 32.1 Å². The lowest BCUT2D eigenvalue weighted by Gasteiger charge is -2.28. The first-order valence-corrected chi connectivity index (χ1v) is 7.56. The Morgan fingerprint density at radius 3 is 2.70 bits per heavy atom. The second-order valence-electron chi connectivity index (χ2n) is 6.38. The predicted molar refractivity (Wildman–Crippen MR) is 85.1 cm³/mol. The molecule has 1 aliphatic heterocycles. The molecule has 1 rings (SSSR count). The third kappa shape index (κ3) is 5.98. The Labute approximate surface area is 129 Å². The maximum Gasteiger partial charge on any atom is 0.242 e. The molecule has 0 saturated carbocycles. The molecule has 2 unspecified atom stereocenters. The Kier molecular flexibility index (Phi) is 8.71. The van der Waals surface area contributed by atoms with Crippen molar-refractivity contribution in [2.75, 3.05) is 19.7 Å². The monoisotopic (exact) mass is 306 g/mol. The number of nitrogens with zero attached hydrogens (tertiary/aromatic N) is 1. The van der Waals surface area contributed by atoms with Crippen molar-refractivity contribution in [3.05, 3.63) is 0 Å². The summed E-state index contributed by atoms with van der Waals surface area (Å²) in [6.07, 6.45) is 3.88. The zero-order valence-electron chi connectivity index (χ0n) is 13.4. The van der Waals surface area contributed by atoms with Crippen molar-refractivity contribution in [1.82, 2.24) is 4.90 Å². The predicted octanol–water partition coefficient (Wildman–Crippen LogP) is 2.59. The summed E-state index contributed by atoms with van der Waals surface area (Å²) in [5, 5.41) is 0. The van der Waals surface area contributed by atoms with Crippen molar-refractivity contribution < 1.29 is 9.53 Å². The van der Waals surface area contributed by atoms with E-state index in [0.29, 0.717) is 12.5 Å². The van der Waals surface area contributed by atoms with Crippen LogP contribution in [0.3, 0.4) is 0 Å². The lowest BCUT2D eigenvalue weighted by atomic mass is 9.96. The van der Waals surface area contributed by atoms with Crippen LogP contribution in [0.2, 0.25) is 0 Å². The van der Waals surface area contributed by atoms with E-state index in [2.05, 4.69) is 20.8 Å². The van der Waals surface area contributed by atoms with Crippen LogP contribution in [0.1, 0.15) is 53.4 Å². The van der Waals surface area contributed by atoms with E-state index in [4.69, 9.17) is 10.5 Å². The molecule has 0 aromatic rings. The van der Waals surface area contributed by atoms with Crippen LogP contribution in [0.4, 0.5) is 0 Å². The molecule has 1 amide bonds. The van der Waals surface area contributed by atoms with Crippen LogP contribution in [0.15, 0.2) is 0 Å². The summed E-state index contributed by atoms with van der Waals surface area (Å²) in [6.45, 7) is 10.6. The number of carbonyl (C=O) groups is 1. The molecular weight excluding hydrogens is 276 g/mol. The number of carbonyl (C=O) groups excluding carboxylic acids is 1. The molecule has 120 valence electrons. The van der Waals surface area contributed by atoms with Gasteiger partial charge in [0, 0.05) is 19.7 Å². The van der Waals surface area contributed by atoms with Crippen molar-refractivity contribution in [2.45, 2.75) is 65.0 Å². The molecule has 1 fully saturated rings. The normalized spacial score (nSPS) is 21.7. The quantitative estimate of drug-likeness (QED) is 0.786. The average molecular weight is 307 g/mol. The summed E-state index contributed by atoms with van der Waals surface area (Å²) in [5.74, 6) is 0.736. The van der Waals surface area contributed by atoms with Gasteiger partial charge in [0.25, 0.3) is 0 Å². The van der Waals surface area contributed by atoms with Gasteiger partial charge < -0.3 is 15.4 Å². The number of hydrogen-bond donors (Lipinski definition) is 1. The molecule has 0 radical (unpaired) electrons. The minimum atomic E-state index is -0.721. The second kappa shape index (κ2) is 8.85. The number of nitrogens with two attached hydrogens (primary N) is 1. The highest BCUT2D eigenvalue weighted by atomic mass is 35.5. The molecule has 2 atom stereocenters. The van der Waals surface area contributed by atoms with Crippen molar-refractivity contribution in [1.29, 1.82) is 0 Å². The highest BCUT2D eigenvalue weighted by Gasteiger charge is 2.35. The van der Waals surface area contributed by atoms with Gasteiger partial charge in [-0.1, -0.05) is 27.2 Å². The third-order valence-electron chi connectivity index (χ3n) is 3.74. The second-order valence-corrected chi connectivity index (χ2v) is 6.38. The highest BCUT2D eigenvalue weighted by Crippen LogP contribution is 2.19. The van der Waals surface area contributed by atoms with Crippen LogP contribution in [0.25, 0.3) is 0 Å². The van der Waals surface area contributed by atoms with E-state index in [9.17, 15) is 4.79 Å². The molecule has 0 spiro atoms. The molecule has 20 heavy (non-hydrogen) atoms. The Balaban J connectivity index is 0.00000361. The van der Waals surface area contributed by atoms with Crippen LogP contribution < -0.4 is 5.73 Å². The van der Waals surface area contributed by atoms with Gasteiger partial charge in [-0.15, -0.1) is 12.4 Å². The van der Waals surface area contributed by atoms with Gasteiger partial charge in [-0.2, -0.15) is 0 Å². The number of amides is 1. The fourth-order valence-electron chi connectivity index (χ4n) is 2.51. The summed E-state index contributed by atoms with van der Waals surface area (Å²) in [6, 6.07) is 0. The van der Waals surface area contributed by atoms with Crippen molar-refractivity contribution >= 4 is 18.3 Å². The van der Waals surface area contributed by atoms with Gasteiger partial charge in [-0.25, -0.2) is 0 Å². The average Bonchev–Trinajstić information content (AvgIpc) is 2.76. The summed E-state index contributed by atoms with van der Waals surface area (Å²) < 4.78 is 5.83. The number of halogens is 1. The van der Waals surface area contributed by atoms with Crippen LogP contribution in [0, 0.1) is 5.92 Å². The maximum atomic E-state index is 12.3. The Morgan fingerprint density at radius 2 is 2.15 bits per heavy atom. The summed E-state index contributed by atoms with van der Waals surface area (Å²) >= 11 is 0. The number of hydrogen-bond acceptors (Lipinski definition) is 3. The van der Waals surface area contributed by atoms with Crippen molar-refractivity contribution in [3.8, 4) is 0 Å². The molecule has 5 heteroatoms. The molecule has 1 aliphatic rings. The summed E-state index contributed by atoms with van der Waals surface area (Å²) in [7, 11) is 0. The van der Waals surface area contributed by atoms with E-state index in [1.165, 1.54) is 0 Å². The minimum absolute atomic E-state index is 0. The maximum absolute atomic E-state index is 12.3. The molecule has 0 aromatic heterocycles. The van der Waals surface area contributed by atoms with E-state index >= 15 is 0 Å². The molecule has 1 saturated heterocycles. The smallest absolute Gasteiger partial charge is 0.242 e. The van der Waals surface area contributed by atoms with Crippen molar-refractivity contribution in [2.24, 2.45) is 11.7 Å². The van der Waals surface area contributed by atoms with E-state index in [1.807, 2.05) is 11.8 Å². The lowest BCUT2D eigenvalue weighted by Crippen LogP contribution is -2.52. The van der Waals surface area contributed by atoms with Crippen LogP contribution >= 0.6 is 12.4 Å². The Hall–Kier alpha value is -0.320. The van der Waals surface area contributed by atoms with Crippen molar-refractivity contribution in [3.63, 3.8) is 0 Å². The fourth-order valence-corrected chi connectivity index (χ4v) is 2.51. The SMILES string of the molecule is CCCC(C)(N)C(=O)N1CCC(OCCC(C)C)C1.Cl. The molecule has 1 heterocycles. The van der Waals surface area contributed by atoms with E-state index in [0.717, 1.165) is 38.8 Å². The molecular formula is C15H31ClN2O2. The Bertz CT molecular complexity index is 296. The number of likely N-dealkylation sites (tertiary alicyclic amines) is 1. The van der Waals surface area contributed by atoms with Crippen LogP contribution in [-0.4, -0.2) is 42.1 Å². The van der Waals surface area contributed by atoms with Gasteiger partial charge in [0.05, 0.1) is 11.6 Å². The fraction of sp³-hybridized carbons (Fsp3) is 0.933. The first kappa shape index (κ1) is 19.7. The van der Waals surface area contributed by atoms with Gasteiger partial charge >= 0.3 is 0 Å². The van der Waals surface area contributed by atoms with Crippen LogP contribution in [0.5, 0.6) is 0 Å². The molecule has 0 aliphatic carbocycles. The molecule has 0 bridgehead atoms. The molecule has 0 aromatic carbocycles. The minimum Gasteiger partial charge on any atom is -0.376 e. The van der Waals surface area contributed by atoms with Gasteiger partial charge in [0.2, 0.25) is 5.91 Å². The number of rotatable bonds is 7. The first-order valence-electron chi connectivity index (χ1n) is 7.56. The number of ether oxygens (including phenoxy) is 1. The van der Waals surface area contributed by atoms with E-state index in [1.54, 1.807) is 0 Å². The lowest BCUT2D eigenvalue weighted by molar-refractivity contribution is -0.136. The van der Waals surface area contributed by atoms with Gasteiger partial charge in [-0.3, -0.25) is 4.79 Å². The molecule has 4 nitrogen and oxygen atoms in total. The van der Waals surface area contributed by atoms with E-state index in [-0.39, 0.29) is 24.4 Å². The highest BCUT2D eigenvalue weighted by molar-refractivity contribution is 5.86. The van der Waals surface area contributed by atoms with Gasteiger partial charge in [0.1, 0.15) is 0 Å². The largest absolute Gasteiger partial charge is 0.376 e. The summed E-state index contributed by atoms with van der Waals surface area (Å²) in [4.78, 5) is 14.2. The zero-order valence-corrected chi connectivity index (χ0v) is 14.2. The molecule has 2 N–H and O–H groups in total. The standard InChI is InChI=1S/C15H30N2O2.ClH/c1-5-8-15(4,16)14(18)17-9-6-13(11-17)19-10-7-12(2)3;/h12-13H,5-11,16H2,1-4H3;1H. The zero-order chi connectivity index (χ0) is 14.5. The topological polar surface area (TPSA) is 55.6 Å². The Morgan fingerprint density at radius 1 is 1.50 bits per heavy atom. The van der Waals surface area contributed by atoms with Gasteiger partial charge in [0.15, 0.2) is 0 Å². The van der Waals surface area contributed by atoms with E-state index < -0.39 is 5.54 Å². The third-order valence-corrected chi connectivity index (χ3v) is 3.74. The van der Waals surface area contributed by atoms with Crippen LogP contribution in [-0.2, 0) is 9.53 Å². The first-order chi connectivity index (χ1) is 8.86.